The lowest BCUT2D eigenvalue weighted by Crippen LogP contribution is -2.41. The number of ether oxygens (including phenoxy) is 2. The highest BCUT2D eigenvalue weighted by Gasteiger charge is 2.15. The topological polar surface area (TPSA) is 76.1 Å². The first kappa shape index (κ1) is 52.0. The number of nitrogens with zero attached hydrogens (tertiary/aromatic N) is 2. The lowest BCUT2D eigenvalue weighted by molar-refractivity contribution is -0.146. The van der Waals surface area contributed by atoms with Gasteiger partial charge in [-0.1, -0.05) is 161 Å². The molecule has 0 rings (SSSR count). The van der Waals surface area contributed by atoms with Crippen molar-refractivity contribution in [1.29, 1.82) is 0 Å². The van der Waals surface area contributed by atoms with Crippen molar-refractivity contribution >= 4 is 18.3 Å². The Morgan fingerprint density at radius 2 is 0.865 bits per heavy atom. The molecule has 0 aliphatic carbocycles. The highest BCUT2D eigenvalue weighted by Crippen LogP contribution is 2.11. The van der Waals surface area contributed by atoms with Crippen molar-refractivity contribution in [3.63, 3.8) is 0 Å². The molecule has 0 aromatic carbocycles. The molecule has 0 atom stereocenters. The second kappa shape index (κ2) is 45.0. The molecular weight excluding hydrogens is 649 g/mol. The Labute approximate surface area is 323 Å². The first-order chi connectivity index (χ1) is 25.4. The third-order valence-corrected chi connectivity index (χ3v) is 9.23. The molecule has 52 heavy (non-hydrogen) atoms. The zero-order valence-electron chi connectivity index (χ0n) is 35.2. The van der Waals surface area contributed by atoms with Gasteiger partial charge in [0.1, 0.15) is 13.2 Å². The van der Waals surface area contributed by atoms with Gasteiger partial charge >= 0.3 is 5.97 Å². The van der Waals surface area contributed by atoms with Gasteiger partial charge in [0.2, 0.25) is 5.91 Å². The molecule has 0 fully saturated rings. The minimum Gasteiger partial charge on any atom is -0.466 e. The van der Waals surface area contributed by atoms with Gasteiger partial charge in [0.15, 0.2) is 0 Å². The third-order valence-electron chi connectivity index (χ3n) is 9.23. The molecule has 0 bridgehead atoms. The number of hydrogen-bond acceptors (Lipinski definition) is 6. The molecular formula is C45H86N2O5. The molecule has 0 heterocycles. The number of rotatable bonds is 38. The summed E-state index contributed by atoms with van der Waals surface area (Å²) in [4.78, 5) is 37.8. The van der Waals surface area contributed by atoms with E-state index < -0.39 is 0 Å². The van der Waals surface area contributed by atoms with Crippen LogP contribution in [-0.2, 0) is 23.9 Å². The van der Waals surface area contributed by atoms with E-state index in [2.05, 4.69) is 49.8 Å². The molecule has 0 saturated heterocycles. The first-order valence-corrected chi connectivity index (χ1v) is 21.9. The molecule has 7 heteroatoms. The fourth-order valence-corrected chi connectivity index (χ4v) is 5.95. The normalized spacial score (nSPS) is 11.3. The van der Waals surface area contributed by atoms with E-state index in [1.165, 1.54) is 148 Å². The molecule has 7 nitrogen and oxygen atoms in total. The smallest absolute Gasteiger partial charge is 0.305 e. The van der Waals surface area contributed by atoms with Gasteiger partial charge in [-0.25, -0.2) is 0 Å². The lowest BCUT2D eigenvalue weighted by Gasteiger charge is -2.23. The van der Waals surface area contributed by atoms with Crippen LogP contribution in [0.4, 0.5) is 0 Å². The first-order valence-electron chi connectivity index (χ1n) is 21.9. The van der Waals surface area contributed by atoms with Gasteiger partial charge in [0, 0.05) is 6.42 Å². The minimum atomic E-state index is -0.221. The van der Waals surface area contributed by atoms with Crippen LogP contribution < -0.4 is 0 Å². The molecule has 0 unspecified atom stereocenters. The fraction of sp³-hybridized carbons (Fsp3) is 0.844. The molecule has 0 aliphatic heterocycles. The van der Waals surface area contributed by atoms with Crippen LogP contribution in [0, 0.1) is 0 Å². The number of allylic oxidation sites excluding steroid dienone is 4. The van der Waals surface area contributed by atoms with Gasteiger partial charge in [0.25, 0.3) is 6.47 Å². The number of amides is 1. The second-order valence-corrected chi connectivity index (χ2v) is 14.7. The molecule has 0 saturated carbocycles. The molecule has 0 aromatic rings. The lowest BCUT2D eigenvalue weighted by atomic mass is 10.1. The summed E-state index contributed by atoms with van der Waals surface area (Å²) >= 11 is 0. The number of unbranched alkanes of at least 4 members (excludes halogenated alkanes) is 23. The monoisotopic (exact) mass is 735 g/mol. The van der Waals surface area contributed by atoms with E-state index in [0.717, 1.165) is 25.7 Å². The Morgan fingerprint density at radius 3 is 1.25 bits per heavy atom. The summed E-state index contributed by atoms with van der Waals surface area (Å²) < 4.78 is 9.97. The Balaban J connectivity index is 0. The summed E-state index contributed by atoms with van der Waals surface area (Å²) in [5.41, 5.74) is 0. The summed E-state index contributed by atoms with van der Waals surface area (Å²) in [6, 6.07) is 0. The molecule has 0 N–H and O–H groups in total. The Bertz CT molecular complexity index is 796. The Hall–Kier alpha value is -2.15. The maximum atomic E-state index is 12.2. The van der Waals surface area contributed by atoms with Crippen LogP contribution in [0.3, 0.4) is 0 Å². The van der Waals surface area contributed by atoms with E-state index in [-0.39, 0.29) is 38.2 Å². The summed E-state index contributed by atoms with van der Waals surface area (Å²) in [7, 11) is 3.62. The molecule has 0 radical (unpaired) electrons. The average Bonchev–Trinajstić information content (AvgIpc) is 3.12. The predicted octanol–water partition coefficient (Wildman–Crippen LogP) is 12.2. The van der Waals surface area contributed by atoms with Gasteiger partial charge in [-0.3, -0.25) is 14.4 Å². The second-order valence-electron chi connectivity index (χ2n) is 14.7. The van der Waals surface area contributed by atoms with Gasteiger partial charge in [-0.05, 0) is 71.9 Å². The highest BCUT2D eigenvalue weighted by molar-refractivity contribution is 5.78. The van der Waals surface area contributed by atoms with Crippen molar-refractivity contribution in [3.05, 3.63) is 24.3 Å². The standard InChI is InChI=1S/C27H50N2O5.C18H36/c1-4-5-6-7-8-9-10-11-12-13-14-15-16-17-18-19-27(32)34-23-21-29(20-22-33-25-30)26(31)24-28(2)3;1-3-5-7-9-11-13-15-17-18-16-14-12-10-8-6-4-2/h11-12,25H,4-10,13-24H2,1-3H3;17-18H,3-16H2,1-2H3/b12-11-;18-17-. The van der Waals surface area contributed by atoms with Crippen LogP contribution in [-0.4, -0.2) is 75.1 Å². The van der Waals surface area contributed by atoms with Crippen molar-refractivity contribution in [2.45, 2.75) is 201 Å². The van der Waals surface area contributed by atoms with E-state index in [1.807, 2.05) is 14.1 Å². The zero-order valence-corrected chi connectivity index (χ0v) is 35.2. The molecule has 0 aliphatic rings. The molecule has 1 amide bonds. The number of esters is 1. The van der Waals surface area contributed by atoms with Crippen molar-refractivity contribution in [2.75, 3.05) is 46.9 Å². The summed E-state index contributed by atoms with van der Waals surface area (Å²) in [5, 5.41) is 0. The third kappa shape index (κ3) is 44.0. The van der Waals surface area contributed by atoms with Crippen molar-refractivity contribution in [3.8, 4) is 0 Å². The Morgan fingerprint density at radius 1 is 0.500 bits per heavy atom. The van der Waals surface area contributed by atoms with Crippen LogP contribution in [0.2, 0.25) is 0 Å². The van der Waals surface area contributed by atoms with E-state index in [4.69, 9.17) is 4.74 Å². The van der Waals surface area contributed by atoms with Crippen molar-refractivity contribution in [1.82, 2.24) is 9.80 Å². The van der Waals surface area contributed by atoms with Crippen LogP contribution >= 0.6 is 0 Å². The number of likely N-dealkylation sites (N-methyl/N-ethyl adjacent to an activating group) is 1. The summed E-state index contributed by atoms with van der Waals surface area (Å²) in [6.07, 6.45) is 45.4. The van der Waals surface area contributed by atoms with E-state index >= 15 is 0 Å². The summed E-state index contributed by atoms with van der Waals surface area (Å²) in [5.74, 6) is -0.311. The fourth-order valence-electron chi connectivity index (χ4n) is 5.95. The van der Waals surface area contributed by atoms with Crippen molar-refractivity contribution in [2.24, 2.45) is 0 Å². The molecule has 306 valence electrons. The number of carbonyl (C=O) groups excluding carboxylic acids is 3. The predicted molar refractivity (Wildman–Crippen MR) is 223 cm³/mol. The molecule has 0 spiro atoms. The van der Waals surface area contributed by atoms with Gasteiger partial charge in [-0.2, -0.15) is 0 Å². The van der Waals surface area contributed by atoms with Crippen LogP contribution in [0.15, 0.2) is 24.3 Å². The van der Waals surface area contributed by atoms with Crippen LogP contribution in [0.5, 0.6) is 0 Å². The maximum absolute atomic E-state index is 12.2. The van der Waals surface area contributed by atoms with Crippen molar-refractivity contribution < 1.29 is 23.9 Å². The van der Waals surface area contributed by atoms with Crippen LogP contribution in [0.25, 0.3) is 0 Å². The maximum Gasteiger partial charge on any atom is 0.305 e. The average molecular weight is 735 g/mol. The number of hydrogen-bond donors (Lipinski definition) is 0. The summed E-state index contributed by atoms with van der Waals surface area (Å²) in [6.45, 7) is 8.31. The SMILES string of the molecule is CCCCCCCC/C=C\CCCCCCCC.CCCCCCCC/C=C\CCCCCCCC(=O)OCCN(CCOC=O)C(=O)CN(C)C. The van der Waals surface area contributed by atoms with Gasteiger partial charge < -0.3 is 19.3 Å². The minimum absolute atomic E-state index is 0.0900. The van der Waals surface area contributed by atoms with Gasteiger partial charge in [0.05, 0.1) is 19.6 Å². The highest BCUT2D eigenvalue weighted by atomic mass is 16.5. The quantitative estimate of drug-likeness (QED) is 0.0272. The van der Waals surface area contributed by atoms with E-state index in [0.29, 0.717) is 19.4 Å². The van der Waals surface area contributed by atoms with Gasteiger partial charge in [-0.15, -0.1) is 0 Å². The van der Waals surface area contributed by atoms with E-state index in [1.54, 1.807) is 9.80 Å². The number of carbonyl (C=O) groups is 3. The molecule has 0 aromatic heterocycles. The van der Waals surface area contributed by atoms with Crippen LogP contribution in [0.1, 0.15) is 201 Å². The zero-order chi connectivity index (χ0) is 38.6. The van der Waals surface area contributed by atoms with E-state index in [9.17, 15) is 14.4 Å². The Kier molecular flexibility index (Phi) is 45.0. The largest absolute Gasteiger partial charge is 0.466 e.